The smallest absolute Gasteiger partial charge is 0.279 e. The minimum Gasteiger partial charge on any atom is -0.333 e. The van der Waals surface area contributed by atoms with Gasteiger partial charge < -0.3 is 10.6 Å². The number of benzene rings is 2. The van der Waals surface area contributed by atoms with E-state index in [-0.39, 0.29) is 11.9 Å². The molecular formula is C18H23N2O+. The number of quaternary nitrogens is 1. The number of hydrogen-bond acceptors (Lipinski definition) is 1. The molecular weight excluding hydrogens is 260 g/mol. The van der Waals surface area contributed by atoms with E-state index in [9.17, 15) is 4.79 Å². The Labute approximate surface area is 126 Å². The fourth-order valence-electron chi connectivity index (χ4n) is 2.26. The van der Waals surface area contributed by atoms with Gasteiger partial charge in [0.2, 0.25) is 0 Å². The van der Waals surface area contributed by atoms with Crippen LogP contribution in [0.25, 0.3) is 0 Å². The molecule has 0 aliphatic rings. The molecule has 0 radical (unpaired) electrons. The fraction of sp³-hybridized carbons (Fsp3) is 0.278. The molecule has 2 aromatic rings. The molecule has 3 N–H and O–H groups in total. The summed E-state index contributed by atoms with van der Waals surface area (Å²) in [5.41, 5.74) is 4.45. The first-order valence-corrected chi connectivity index (χ1v) is 7.32. The number of nitrogens with one attached hydrogen (secondary N) is 1. The second-order valence-corrected chi connectivity index (χ2v) is 5.43. The molecule has 0 aliphatic heterocycles. The molecule has 0 fully saturated rings. The van der Waals surface area contributed by atoms with E-state index < -0.39 is 0 Å². The van der Waals surface area contributed by atoms with Crippen molar-refractivity contribution in [2.75, 3.05) is 11.9 Å². The summed E-state index contributed by atoms with van der Waals surface area (Å²) in [5, 5.41) is 5.04. The monoisotopic (exact) mass is 283 g/mol. The van der Waals surface area contributed by atoms with Gasteiger partial charge in [0.1, 0.15) is 6.04 Å². The second-order valence-electron chi connectivity index (χ2n) is 5.43. The first-order valence-electron chi connectivity index (χ1n) is 7.32. The standard InChI is InChI=1S/C18H22N2O/c1-13-8-7-11-17(14(13)2)20-18(21)12-19-15(3)16-9-5-4-6-10-16/h4-11,15,19H,12H2,1-3H3,(H,20,21)/p+1/t15-/m0/s1. The lowest BCUT2D eigenvalue weighted by molar-refractivity contribution is -0.682. The molecule has 3 nitrogen and oxygen atoms in total. The van der Waals surface area contributed by atoms with Gasteiger partial charge in [-0.1, -0.05) is 42.5 Å². The summed E-state index contributed by atoms with van der Waals surface area (Å²) in [6.45, 7) is 6.61. The van der Waals surface area contributed by atoms with Crippen molar-refractivity contribution in [3.63, 3.8) is 0 Å². The first-order chi connectivity index (χ1) is 10.1. The Morgan fingerprint density at radius 1 is 1.10 bits per heavy atom. The zero-order chi connectivity index (χ0) is 15.2. The van der Waals surface area contributed by atoms with E-state index in [0.29, 0.717) is 6.54 Å². The summed E-state index contributed by atoms with van der Waals surface area (Å²) in [6, 6.07) is 16.5. The molecule has 1 atom stereocenters. The molecule has 2 aromatic carbocycles. The van der Waals surface area contributed by atoms with Crippen LogP contribution in [-0.2, 0) is 4.79 Å². The van der Waals surface area contributed by atoms with E-state index in [4.69, 9.17) is 0 Å². The summed E-state index contributed by atoms with van der Waals surface area (Å²) in [6.07, 6.45) is 0. The van der Waals surface area contributed by atoms with Crippen molar-refractivity contribution in [3.05, 3.63) is 65.2 Å². The average Bonchev–Trinajstić information content (AvgIpc) is 2.50. The van der Waals surface area contributed by atoms with Gasteiger partial charge in [0.05, 0.1) is 0 Å². The van der Waals surface area contributed by atoms with Crippen molar-refractivity contribution in [2.24, 2.45) is 0 Å². The fourth-order valence-corrected chi connectivity index (χ4v) is 2.26. The molecule has 0 heterocycles. The van der Waals surface area contributed by atoms with Crippen molar-refractivity contribution >= 4 is 11.6 Å². The number of rotatable bonds is 5. The second kappa shape index (κ2) is 7.04. The van der Waals surface area contributed by atoms with Gasteiger partial charge in [-0.15, -0.1) is 0 Å². The molecule has 110 valence electrons. The Hall–Kier alpha value is -2.13. The highest BCUT2D eigenvalue weighted by Gasteiger charge is 2.12. The molecule has 0 bridgehead atoms. The van der Waals surface area contributed by atoms with Crippen molar-refractivity contribution in [1.29, 1.82) is 0 Å². The largest absolute Gasteiger partial charge is 0.333 e. The van der Waals surface area contributed by atoms with E-state index in [1.807, 2.05) is 37.3 Å². The number of aryl methyl sites for hydroxylation is 1. The third-order valence-corrected chi connectivity index (χ3v) is 3.86. The molecule has 1 amide bonds. The van der Waals surface area contributed by atoms with Gasteiger partial charge >= 0.3 is 0 Å². The molecule has 0 saturated carbocycles. The van der Waals surface area contributed by atoms with Gasteiger partial charge in [0, 0.05) is 11.3 Å². The molecule has 21 heavy (non-hydrogen) atoms. The van der Waals surface area contributed by atoms with E-state index in [1.54, 1.807) is 0 Å². The molecule has 0 spiro atoms. The zero-order valence-electron chi connectivity index (χ0n) is 12.9. The van der Waals surface area contributed by atoms with Gasteiger partial charge in [0.15, 0.2) is 6.54 Å². The number of amides is 1. The van der Waals surface area contributed by atoms with Crippen LogP contribution >= 0.6 is 0 Å². The summed E-state index contributed by atoms with van der Waals surface area (Å²) in [7, 11) is 0. The minimum absolute atomic E-state index is 0.0338. The highest BCUT2D eigenvalue weighted by molar-refractivity contribution is 5.92. The lowest BCUT2D eigenvalue weighted by Crippen LogP contribution is -2.86. The van der Waals surface area contributed by atoms with Gasteiger partial charge in [-0.25, -0.2) is 0 Å². The Kier molecular flexibility index (Phi) is 5.12. The van der Waals surface area contributed by atoms with Crippen LogP contribution in [0.4, 0.5) is 5.69 Å². The Morgan fingerprint density at radius 2 is 1.81 bits per heavy atom. The Morgan fingerprint density at radius 3 is 2.52 bits per heavy atom. The Bertz CT molecular complexity index is 608. The predicted molar refractivity (Wildman–Crippen MR) is 86.2 cm³/mol. The number of carbonyl (C=O) groups is 1. The maximum Gasteiger partial charge on any atom is 0.279 e. The lowest BCUT2D eigenvalue weighted by atomic mass is 10.1. The molecule has 0 aromatic heterocycles. The van der Waals surface area contributed by atoms with Crippen molar-refractivity contribution in [2.45, 2.75) is 26.8 Å². The average molecular weight is 283 g/mol. The van der Waals surface area contributed by atoms with Crippen LogP contribution in [0.3, 0.4) is 0 Å². The highest BCUT2D eigenvalue weighted by atomic mass is 16.1. The quantitative estimate of drug-likeness (QED) is 0.870. The van der Waals surface area contributed by atoms with E-state index >= 15 is 0 Å². The number of carbonyl (C=O) groups excluding carboxylic acids is 1. The Balaban J connectivity index is 1.89. The summed E-state index contributed by atoms with van der Waals surface area (Å²) in [5.74, 6) is 0.0338. The first kappa shape index (κ1) is 15.3. The predicted octanol–water partition coefficient (Wildman–Crippen LogP) is 2.57. The normalized spacial score (nSPS) is 12.0. The zero-order valence-corrected chi connectivity index (χ0v) is 12.9. The third-order valence-electron chi connectivity index (χ3n) is 3.86. The lowest BCUT2D eigenvalue weighted by Gasteiger charge is -2.12. The van der Waals surface area contributed by atoms with Crippen LogP contribution in [0.15, 0.2) is 48.5 Å². The van der Waals surface area contributed by atoms with E-state index in [2.05, 4.69) is 42.7 Å². The van der Waals surface area contributed by atoms with Crippen molar-refractivity contribution < 1.29 is 10.1 Å². The highest BCUT2D eigenvalue weighted by Crippen LogP contribution is 2.17. The molecule has 0 saturated heterocycles. The number of hydrogen-bond donors (Lipinski definition) is 2. The number of anilines is 1. The SMILES string of the molecule is Cc1cccc(NC(=O)C[NH2+][C@@H](C)c2ccccc2)c1C. The van der Waals surface area contributed by atoms with Crippen LogP contribution in [0.1, 0.15) is 29.7 Å². The summed E-state index contributed by atoms with van der Waals surface area (Å²) < 4.78 is 0. The van der Waals surface area contributed by atoms with E-state index in [1.165, 1.54) is 11.1 Å². The maximum absolute atomic E-state index is 12.1. The van der Waals surface area contributed by atoms with Crippen LogP contribution in [0.5, 0.6) is 0 Å². The summed E-state index contributed by atoms with van der Waals surface area (Å²) in [4.78, 5) is 12.1. The van der Waals surface area contributed by atoms with Gasteiger partial charge in [-0.3, -0.25) is 4.79 Å². The van der Waals surface area contributed by atoms with Crippen LogP contribution in [-0.4, -0.2) is 12.5 Å². The molecule has 0 unspecified atom stereocenters. The molecule has 3 heteroatoms. The minimum atomic E-state index is 0.0338. The van der Waals surface area contributed by atoms with Gasteiger partial charge in [-0.05, 0) is 38.0 Å². The maximum atomic E-state index is 12.1. The summed E-state index contributed by atoms with van der Waals surface area (Å²) >= 11 is 0. The topological polar surface area (TPSA) is 45.7 Å². The van der Waals surface area contributed by atoms with E-state index in [0.717, 1.165) is 11.3 Å². The van der Waals surface area contributed by atoms with Gasteiger partial charge in [0.25, 0.3) is 5.91 Å². The molecule has 0 aliphatic carbocycles. The number of nitrogens with two attached hydrogens (primary N) is 1. The third kappa shape index (κ3) is 4.17. The van der Waals surface area contributed by atoms with Crippen molar-refractivity contribution in [3.8, 4) is 0 Å². The van der Waals surface area contributed by atoms with Crippen LogP contribution in [0, 0.1) is 13.8 Å². The van der Waals surface area contributed by atoms with Gasteiger partial charge in [-0.2, -0.15) is 0 Å². The van der Waals surface area contributed by atoms with Crippen LogP contribution in [0.2, 0.25) is 0 Å². The molecule has 2 rings (SSSR count). The van der Waals surface area contributed by atoms with Crippen molar-refractivity contribution in [1.82, 2.24) is 0 Å². The van der Waals surface area contributed by atoms with Crippen LogP contribution < -0.4 is 10.6 Å².